The lowest BCUT2D eigenvalue weighted by Gasteiger charge is -2.38. The maximum absolute atomic E-state index is 12.6. The van der Waals surface area contributed by atoms with Crippen molar-refractivity contribution in [1.82, 2.24) is 10.3 Å². The number of aromatic nitrogens is 1. The number of methoxy groups -OCH3 is 1. The van der Waals surface area contributed by atoms with Crippen molar-refractivity contribution in [2.75, 3.05) is 7.11 Å². The molecule has 3 rings (SSSR count). The first-order chi connectivity index (χ1) is 12.0. The number of aliphatic hydroxyl groups excluding tert-OH is 1. The first kappa shape index (κ1) is 18.0. The van der Waals surface area contributed by atoms with E-state index in [9.17, 15) is 9.90 Å². The van der Waals surface area contributed by atoms with Crippen LogP contribution in [0.3, 0.4) is 0 Å². The molecular formula is C18H18Cl2N2O3. The van der Waals surface area contributed by atoms with E-state index >= 15 is 0 Å². The Labute approximate surface area is 155 Å². The van der Waals surface area contributed by atoms with Gasteiger partial charge in [-0.25, -0.2) is 4.98 Å². The number of pyridine rings is 1. The number of halogens is 2. The number of ether oxygens (including phenoxy) is 1. The van der Waals surface area contributed by atoms with Crippen LogP contribution in [0.2, 0.25) is 10.0 Å². The summed E-state index contributed by atoms with van der Waals surface area (Å²) >= 11 is 11.9. The average molecular weight is 381 g/mol. The zero-order valence-electron chi connectivity index (χ0n) is 13.6. The molecule has 0 radical (unpaired) electrons. The number of amides is 1. The predicted molar refractivity (Wildman–Crippen MR) is 96.2 cm³/mol. The van der Waals surface area contributed by atoms with Gasteiger partial charge in [-0.1, -0.05) is 29.3 Å². The maximum Gasteiger partial charge on any atom is 0.251 e. The van der Waals surface area contributed by atoms with Crippen molar-refractivity contribution in [2.45, 2.75) is 25.0 Å². The molecule has 1 saturated carbocycles. The number of benzene rings is 1. The highest BCUT2D eigenvalue weighted by atomic mass is 35.5. The fraction of sp³-hybridized carbons (Fsp3) is 0.333. The lowest BCUT2D eigenvalue weighted by Crippen LogP contribution is -2.41. The molecule has 7 heteroatoms. The number of nitrogens with one attached hydrogen (secondary N) is 1. The van der Waals surface area contributed by atoms with Crippen molar-refractivity contribution in [3.63, 3.8) is 0 Å². The van der Waals surface area contributed by atoms with Crippen molar-refractivity contribution in [3.8, 4) is 5.88 Å². The number of aliphatic hydroxyl groups is 1. The van der Waals surface area contributed by atoms with E-state index in [1.165, 1.54) is 6.07 Å². The Morgan fingerprint density at radius 1 is 1.28 bits per heavy atom. The van der Waals surface area contributed by atoms with Crippen LogP contribution in [0.25, 0.3) is 0 Å². The molecule has 0 spiro atoms. The molecule has 0 saturated heterocycles. The van der Waals surface area contributed by atoms with Gasteiger partial charge in [-0.05, 0) is 42.5 Å². The minimum Gasteiger partial charge on any atom is -0.481 e. The average Bonchev–Trinajstić information content (AvgIpc) is 2.59. The van der Waals surface area contributed by atoms with E-state index in [1.807, 2.05) is 6.07 Å². The van der Waals surface area contributed by atoms with E-state index in [4.69, 9.17) is 27.9 Å². The molecule has 1 amide bonds. The van der Waals surface area contributed by atoms with Gasteiger partial charge in [0.1, 0.15) is 0 Å². The lowest BCUT2D eigenvalue weighted by atomic mass is 9.75. The van der Waals surface area contributed by atoms with Crippen molar-refractivity contribution < 1.29 is 14.6 Å². The summed E-state index contributed by atoms with van der Waals surface area (Å²) in [5.74, 6) is 0.407. The van der Waals surface area contributed by atoms with Gasteiger partial charge in [-0.3, -0.25) is 4.79 Å². The first-order valence-corrected chi connectivity index (χ1v) is 8.67. The molecule has 2 aromatic rings. The number of carbonyl (C=O) groups excluding carboxylic acids is 1. The minimum atomic E-state index is -0.319. The quantitative estimate of drug-likeness (QED) is 0.830. The van der Waals surface area contributed by atoms with E-state index in [1.54, 1.807) is 31.5 Å². The molecule has 132 valence electrons. The molecule has 1 aromatic heterocycles. The number of rotatable bonds is 5. The fourth-order valence-corrected chi connectivity index (χ4v) is 3.23. The molecule has 1 aromatic carbocycles. The maximum atomic E-state index is 12.6. The molecule has 0 unspecified atom stereocenters. The van der Waals surface area contributed by atoms with E-state index in [-0.39, 0.29) is 24.0 Å². The standard InChI is InChI=1S/C18H18Cl2N2O3/c1-25-16-5-3-11(9-21-16)17(12-6-13(23)7-12)22-18(24)10-2-4-14(19)15(20)8-10/h2-5,8-9,12-13,17,23H,6-7H2,1H3,(H,22,24)/t12?,13?,17-/m0/s1. The first-order valence-electron chi connectivity index (χ1n) is 7.92. The summed E-state index contributed by atoms with van der Waals surface area (Å²) in [6.45, 7) is 0. The molecule has 1 atom stereocenters. The Bertz CT molecular complexity index is 761. The molecule has 1 aliphatic carbocycles. The summed E-state index contributed by atoms with van der Waals surface area (Å²) in [4.78, 5) is 16.8. The van der Waals surface area contributed by atoms with E-state index < -0.39 is 0 Å². The van der Waals surface area contributed by atoms with Crippen LogP contribution in [-0.4, -0.2) is 29.2 Å². The Balaban J connectivity index is 1.81. The van der Waals surface area contributed by atoms with Gasteiger partial charge >= 0.3 is 0 Å². The minimum absolute atomic E-state index is 0.150. The third-order valence-electron chi connectivity index (χ3n) is 4.42. The predicted octanol–water partition coefficient (Wildman–Crippen LogP) is 3.64. The van der Waals surface area contributed by atoms with E-state index in [0.29, 0.717) is 34.3 Å². The number of hydrogen-bond donors (Lipinski definition) is 2. The highest BCUT2D eigenvalue weighted by Gasteiger charge is 2.36. The van der Waals surface area contributed by atoms with Gasteiger partial charge in [0.25, 0.3) is 5.91 Å². The van der Waals surface area contributed by atoms with Gasteiger partial charge in [0, 0.05) is 17.8 Å². The Morgan fingerprint density at radius 3 is 2.60 bits per heavy atom. The van der Waals surface area contributed by atoms with Crippen LogP contribution in [0.1, 0.15) is 34.8 Å². The fourth-order valence-electron chi connectivity index (χ4n) is 2.93. The van der Waals surface area contributed by atoms with Gasteiger partial charge < -0.3 is 15.2 Å². The summed E-state index contributed by atoms with van der Waals surface area (Å²) in [5, 5.41) is 13.4. The van der Waals surface area contributed by atoms with Crippen LogP contribution in [0.4, 0.5) is 0 Å². The molecular weight excluding hydrogens is 363 g/mol. The number of carbonyl (C=O) groups is 1. The van der Waals surface area contributed by atoms with Crippen LogP contribution in [0.5, 0.6) is 5.88 Å². The zero-order chi connectivity index (χ0) is 18.0. The largest absolute Gasteiger partial charge is 0.481 e. The Kier molecular flexibility index (Phi) is 5.47. The van der Waals surface area contributed by atoms with Crippen LogP contribution < -0.4 is 10.1 Å². The molecule has 5 nitrogen and oxygen atoms in total. The Morgan fingerprint density at radius 2 is 2.04 bits per heavy atom. The zero-order valence-corrected chi connectivity index (χ0v) is 15.1. The highest BCUT2D eigenvalue weighted by molar-refractivity contribution is 6.42. The van der Waals surface area contributed by atoms with Crippen LogP contribution in [0, 0.1) is 5.92 Å². The van der Waals surface area contributed by atoms with Gasteiger partial charge in [0.2, 0.25) is 5.88 Å². The molecule has 1 fully saturated rings. The van der Waals surface area contributed by atoms with Gasteiger partial charge in [0.15, 0.2) is 0 Å². The topological polar surface area (TPSA) is 71.5 Å². The van der Waals surface area contributed by atoms with Crippen molar-refractivity contribution in [3.05, 3.63) is 57.7 Å². The Hall–Kier alpha value is -1.82. The van der Waals surface area contributed by atoms with Crippen molar-refractivity contribution in [2.24, 2.45) is 5.92 Å². The summed E-state index contributed by atoms with van der Waals surface area (Å²) in [5.41, 5.74) is 1.30. The molecule has 1 aliphatic rings. The highest BCUT2D eigenvalue weighted by Crippen LogP contribution is 2.38. The number of nitrogens with zero attached hydrogens (tertiary/aromatic N) is 1. The van der Waals surface area contributed by atoms with E-state index in [2.05, 4.69) is 10.3 Å². The number of hydrogen-bond acceptors (Lipinski definition) is 4. The van der Waals surface area contributed by atoms with Crippen LogP contribution >= 0.6 is 23.2 Å². The van der Waals surface area contributed by atoms with E-state index in [0.717, 1.165) is 5.56 Å². The summed E-state index contributed by atoms with van der Waals surface area (Å²) in [7, 11) is 1.55. The molecule has 25 heavy (non-hydrogen) atoms. The monoisotopic (exact) mass is 380 g/mol. The molecule has 2 N–H and O–H groups in total. The summed E-state index contributed by atoms with van der Waals surface area (Å²) in [6, 6.07) is 8.14. The van der Waals surface area contributed by atoms with Crippen molar-refractivity contribution >= 4 is 29.1 Å². The molecule has 0 bridgehead atoms. The molecule has 0 aliphatic heterocycles. The smallest absolute Gasteiger partial charge is 0.251 e. The summed E-state index contributed by atoms with van der Waals surface area (Å²) < 4.78 is 5.08. The van der Waals surface area contributed by atoms with Crippen molar-refractivity contribution in [1.29, 1.82) is 0 Å². The normalized spacial score (nSPS) is 20.5. The SMILES string of the molecule is COc1ccc([C@H](NC(=O)c2ccc(Cl)c(Cl)c2)C2CC(O)C2)cn1. The third kappa shape index (κ3) is 4.06. The van der Waals surface area contributed by atoms with Crippen LogP contribution in [0.15, 0.2) is 36.5 Å². The molecule has 1 heterocycles. The second kappa shape index (κ2) is 7.60. The second-order valence-electron chi connectivity index (χ2n) is 6.10. The second-order valence-corrected chi connectivity index (χ2v) is 6.91. The lowest BCUT2D eigenvalue weighted by molar-refractivity contribution is 0.0234. The van der Waals surface area contributed by atoms with Gasteiger partial charge in [0.05, 0.1) is 29.3 Å². The summed E-state index contributed by atoms with van der Waals surface area (Å²) in [6.07, 6.45) is 2.64. The van der Waals surface area contributed by atoms with Crippen LogP contribution in [-0.2, 0) is 0 Å². The third-order valence-corrected chi connectivity index (χ3v) is 5.16. The van der Waals surface area contributed by atoms with Gasteiger partial charge in [-0.2, -0.15) is 0 Å². The van der Waals surface area contributed by atoms with Gasteiger partial charge in [-0.15, -0.1) is 0 Å².